The van der Waals surface area contributed by atoms with E-state index in [0.29, 0.717) is 62.6 Å². The number of rotatable bonds is 7. The number of nitrogens with zero attached hydrogens (tertiary/aromatic N) is 3. The summed E-state index contributed by atoms with van der Waals surface area (Å²) in [4.78, 5) is 44.0. The maximum absolute atomic E-state index is 13.7. The predicted octanol–water partition coefficient (Wildman–Crippen LogP) is 4.58. The Hall–Kier alpha value is -2.97. The van der Waals surface area contributed by atoms with E-state index in [9.17, 15) is 19.5 Å². The quantitative estimate of drug-likeness (QED) is 0.520. The fourth-order valence-electron chi connectivity index (χ4n) is 7.58. The molecule has 0 radical (unpaired) electrons. The van der Waals surface area contributed by atoms with E-state index in [2.05, 4.69) is 6.92 Å². The van der Waals surface area contributed by atoms with Crippen molar-refractivity contribution in [3.63, 3.8) is 0 Å². The summed E-state index contributed by atoms with van der Waals surface area (Å²) in [5.41, 5.74) is -0.292. The first-order valence-electron chi connectivity index (χ1n) is 15.7. The fraction of sp³-hybridized carbons (Fsp3) is 0.618. The summed E-state index contributed by atoms with van der Waals surface area (Å²) in [5, 5.41) is 12.4. The molecule has 3 heterocycles. The number of hydrogen-bond donors (Lipinski definition) is 1. The lowest BCUT2D eigenvalue weighted by Crippen LogP contribution is -2.65. The van der Waals surface area contributed by atoms with Gasteiger partial charge in [0, 0.05) is 69.6 Å². The third kappa shape index (κ3) is 6.20. The van der Waals surface area contributed by atoms with Gasteiger partial charge in [-0.2, -0.15) is 0 Å². The van der Waals surface area contributed by atoms with Gasteiger partial charge in [0.2, 0.25) is 5.91 Å². The lowest BCUT2D eigenvalue weighted by atomic mass is 9.62. The molecular formula is C34H47N3O5. The highest BCUT2D eigenvalue weighted by Gasteiger charge is 2.55. The Morgan fingerprint density at radius 1 is 1.07 bits per heavy atom. The third-order valence-corrected chi connectivity index (χ3v) is 10.2. The summed E-state index contributed by atoms with van der Waals surface area (Å²) in [7, 11) is 3.39. The normalized spacial score (nSPS) is 23.5. The molecule has 2 atom stereocenters. The number of carbonyl (C=O) groups excluding carboxylic acids is 2. The second-order valence-corrected chi connectivity index (χ2v) is 13.2. The number of piperidine rings is 1. The zero-order chi connectivity index (χ0) is 29.9. The molecule has 42 heavy (non-hydrogen) atoms. The van der Waals surface area contributed by atoms with Crippen molar-refractivity contribution in [2.75, 3.05) is 40.4 Å². The predicted molar refractivity (Wildman–Crippen MR) is 163 cm³/mol. The van der Waals surface area contributed by atoms with Crippen molar-refractivity contribution in [1.82, 2.24) is 14.4 Å². The second-order valence-electron chi connectivity index (χ2n) is 13.2. The number of benzene rings is 1. The smallest absolute Gasteiger partial charge is 0.255 e. The van der Waals surface area contributed by atoms with Crippen LogP contribution in [0.25, 0.3) is 11.1 Å². The summed E-state index contributed by atoms with van der Waals surface area (Å²) in [6, 6.07) is 10.9. The zero-order valence-corrected chi connectivity index (χ0v) is 25.5. The maximum Gasteiger partial charge on any atom is 0.255 e. The second kappa shape index (κ2) is 12.7. The highest BCUT2D eigenvalue weighted by Crippen LogP contribution is 2.48. The third-order valence-electron chi connectivity index (χ3n) is 10.2. The molecule has 2 unspecified atom stereocenters. The molecule has 2 aromatic rings. The summed E-state index contributed by atoms with van der Waals surface area (Å²) in [6.45, 7) is 4.05. The van der Waals surface area contributed by atoms with Gasteiger partial charge in [0.05, 0.1) is 17.7 Å². The molecule has 0 bridgehead atoms. The molecule has 8 nitrogen and oxygen atoms in total. The summed E-state index contributed by atoms with van der Waals surface area (Å²) >= 11 is 0. The first-order chi connectivity index (χ1) is 20.1. The van der Waals surface area contributed by atoms with Crippen molar-refractivity contribution in [1.29, 1.82) is 0 Å². The van der Waals surface area contributed by atoms with Crippen LogP contribution in [0.1, 0.15) is 75.1 Å². The van der Waals surface area contributed by atoms with Crippen LogP contribution in [0.5, 0.6) is 0 Å². The number of aromatic nitrogens is 1. The largest absolute Gasteiger partial charge is 0.387 e. The Morgan fingerprint density at radius 2 is 1.76 bits per heavy atom. The number of likely N-dealkylation sites (tertiary alicyclic amines) is 1. The van der Waals surface area contributed by atoms with Crippen LogP contribution in [0.4, 0.5) is 0 Å². The van der Waals surface area contributed by atoms with Crippen molar-refractivity contribution >= 4 is 11.8 Å². The minimum absolute atomic E-state index is 0.0380. The van der Waals surface area contributed by atoms with Crippen molar-refractivity contribution < 1.29 is 19.4 Å². The lowest BCUT2D eigenvalue weighted by Gasteiger charge is -2.55. The van der Waals surface area contributed by atoms with Gasteiger partial charge in [-0.25, -0.2) is 0 Å². The van der Waals surface area contributed by atoms with Gasteiger partial charge < -0.3 is 24.2 Å². The van der Waals surface area contributed by atoms with Crippen LogP contribution < -0.4 is 5.56 Å². The molecule has 3 aliphatic rings. The van der Waals surface area contributed by atoms with Gasteiger partial charge in [0.15, 0.2) is 0 Å². The van der Waals surface area contributed by atoms with Crippen molar-refractivity contribution in [2.24, 2.45) is 17.3 Å². The molecule has 3 fully saturated rings. The van der Waals surface area contributed by atoms with Crippen LogP contribution in [-0.2, 0) is 16.1 Å². The Morgan fingerprint density at radius 3 is 2.43 bits per heavy atom. The molecule has 5 rings (SSSR count). The van der Waals surface area contributed by atoms with E-state index in [1.165, 1.54) is 47.6 Å². The highest BCUT2D eigenvalue weighted by atomic mass is 16.5. The van der Waals surface area contributed by atoms with Gasteiger partial charge in [-0.3, -0.25) is 14.4 Å². The molecule has 2 amide bonds. The lowest BCUT2D eigenvalue weighted by molar-refractivity contribution is -0.186. The van der Waals surface area contributed by atoms with Crippen LogP contribution in [0.3, 0.4) is 0 Å². The van der Waals surface area contributed by atoms with Gasteiger partial charge >= 0.3 is 0 Å². The molecule has 228 valence electrons. The van der Waals surface area contributed by atoms with Crippen LogP contribution in [0.15, 0.2) is 47.4 Å². The van der Waals surface area contributed by atoms with E-state index in [-0.39, 0.29) is 29.8 Å². The minimum atomic E-state index is -1.23. The van der Waals surface area contributed by atoms with Crippen molar-refractivity contribution in [3.05, 3.63) is 58.5 Å². The SMILES string of the molecule is CC(CC1CCCCC1)C(=O)N1CCC(O)(Cn2cc(C(=O)N(C)C)c(-c3ccccc3)cc2=O)C2(CCOCC2)C1. The van der Waals surface area contributed by atoms with Gasteiger partial charge in [0.25, 0.3) is 11.5 Å². The fourth-order valence-corrected chi connectivity index (χ4v) is 7.58. The van der Waals surface area contributed by atoms with Crippen molar-refractivity contribution in [3.8, 4) is 11.1 Å². The standard InChI is InChI=1S/C34H47N3O5/c1-25(20-26-10-6-4-7-11-26)31(39)36-17-14-34(41,33(23-36)15-18-42-19-16-33)24-37-22-29(32(40)35(2)3)28(21-30(37)38)27-12-8-5-9-13-27/h5,8-9,12-13,21-22,25-26,41H,4,6-7,10-11,14-20,23-24H2,1-3H3. The number of hydrogen-bond acceptors (Lipinski definition) is 5. The molecule has 1 aromatic carbocycles. The summed E-state index contributed by atoms with van der Waals surface area (Å²) < 4.78 is 7.22. The molecule has 2 aliphatic heterocycles. The Kier molecular flexibility index (Phi) is 9.23. The molecule has 1 spiro atoms. The van der Waals surface area contributed by atoms with Gasteiger partial charge in [0.1, 0.15) is 0 Å². The average molecular weight is 578 g/mol. The molecular weight excluding hydrogens is 530 g/mol. The zero-order valence-electron chi connectivity index (χ0n) is 25.5. The van der Waals surface area contributed by atoms with E-state index < -0.39 is 11.0 Å². The van der Waals surface area contributed by atoms with E-state index in [1.807, 2.05) is 35.2 Å². The molecule has 1 saturated carbocycles. The summed E-state index contributed by atoms with van der Waals surface area (Å²) in [5.74, 6) is 0.560. The van der Waals surface area contributed by atoms with Gasteiger partial charge in [-0.1, -0.05) is 69.4 Å². The van der Waals surface area contributed by atoms with E-state index in [4.69, 9.17) is 4.74 Å². The van der Waals surface area contributed by atoms with Crippen LogP contribution >= 0.6 is 0 Å². The topological polar surface area (TPSA) is 92.1 Å². The molecule has 8 heteroatoms. The molecule has 1 aliphatic carbocycles. The van der Waals surface area contributed by atoms with Crippen molar-refractivity contribution in [2.45, 2.75) is 76.9 Å². The van der Waals surface area contributed by atoms with Gasteiger partial charge in [-0.05, 0) is 37.2 Å². The number of ether oxygens (including phenoxy) is 1. The Labute approximate surface area is 249 Å². The van der Waals surface area contributed by atoms with Crippen LogP contribution in [0.2, 0.25) is 0 Å². The minimum Gasteiger partial charge on any atom is -0.387 e. The Bertz CT molecular complexity index is 1310. The van der Waals surface area contributed by atoms with Crippen LogP contribution in [0, 0.1) is 17.3 Å². The molecule has 2 saturated heterocycles. The monoisotopic (exact) mass is 577 g/mol. The van der Waals surface area contributed by atoms with Gasteiger partial charge in [-0.15, -0.1) is 0 Å². The first kappa shape index (κ1) is 30.5. The van der Waals surface area contributed by atoms with E-state index in [1.54, 1.807) is 20.3 Å². The number of carbonyl (C=O) groups is 2. The highest BCUT2D eigenvalue weighted by molar-refractivity contribution is 6.00. The van der Waals surface area contributed by atoms with E-state index >= 15 is 0 Å². The first-order valence-corrected chi connectivity index (χ1v) is 15.7. The molecule has 1 N–H and O–H groups in total. The summed E-state index contributed by atoms with van der Waals surface area (Å²) in [6.07, 6.45) is 10.4. The Balaban J connectivity index is 1.42. The number of pyridine rings is 1. The maximum atomic E-state index is 13.7. The van der Waals surface area contributed by atoms with Crippen LogP contribution in [-0.4, -0.2) is 77.3 Å². The molecule has 1 aromatic heterocycles. The average Bonchev–Trinajstić information content (AvgIpc) is 3.00. The number of aliphatic hydroxyl groups is 1. The number of amides is 2. The van der Waals surface area contributed by atoms with E-state index in [0.717, 1.165) is 12.0 Å².